The summed E-state index contributed by atoms with van der Waals surface area (Å²) in [5, 5.41) is 16.2. The Morgan fingerprint density at radius 1 is 1.17 bits per heavy atom. The minimum Gasteiger partial charge on any atom is -0.387 e. The number of likely N-dealkylation sites (tertiary alicyclic amines) is 2. The van der Waals surface area contributed by atoms with Crippen LogP contribution < -0.4 is 0 Å². The first-order valence-corrected chi connectivity index (χ1v) is 9.26. The summed E-state index contributed by atoms with van der Waals surface area (Å²) < 4.78 is 1.76. The van der Waals surface area contributed by atoms with Crippen molar-refractivity contribution in [1.82, 2.24) is 19.6 Å². The Balaban J connectivity index is 1.61. The first-order chi connectivity index (χ1) is 11.0. The summed E-state index contributed by atoms with van der Waals surface area (Å²) in [6.07, 6.45) is 5.61. The molecule has 0 bridgehead atoms. The summed E-state index contributed by atoms with van der Waals surface area (Å²) in [7, 11) is 1.89. The average Bonchev–Trinajstić information content (AvgIpc) is 3.03. The van der Waals surface area contributed by atoms with Crippen LogP contribution in [0.25, 0.3) is 0 Å². The molecule has 0 amide bonds. The molecule has 3 rings (SSSR count). The Labute approximate surface area is 144 Å². The first-order valence-electron chi connectivity index (χ1n) is 8.88. The van der Waals surface area contributed by atoms with Crippen LogP contribution in [0.2, 0.25) is 5.15 Å². The number of rotatable bonds is 5. The number of aryl methyl sites for hydroxylation is 2. The lowest BCUT2D eigenvalue weighted by atomic mass is 10.0. The van der Waals surface area contributed by atoms with Crippen LogP contribution >= 0.6 is 11.6 Å². The largest absolute Gasteiger partial charge is 0.387 e. The van der Waals surface area contributed by atoms with Crippen molar-refractivity contribution in [3.05, 3.63) is 16.4 Å². The topological polar surface area (TPSA) is 44.5 Å². The number of aliphatic hydroxyl groups is 1. The van der Waals surface area contributed by atoms with E-state index in [9.17, 15) is 5.11 Å². The van der Waals surface area contributed by atoms with Crippen molar-refractivity contribution >= 4 is 11.6 Å². The van der Waals surface area contributed by atoms with Gasteiger partial charge in [0.05, 0.1) is 11.3 Å². The molecule has 130 valence electrons. The molecule has 1 N–H and O–H groups in total. The van der Waals surface area contributed by atoms with Crippen LogP contribution in [0.4, 0.5) is 0 Å². The molecule has 0 spiro atoms. The van der Waals surface area contributed by atoms with E-state index in [2.05, 4.69) is 21.8 Å². The van der Waals surface area contributed by atoms with E-state index < -0.39 is 5.60 Å². The van der Waals surface area contributed by atoms with E-state index in [1.54, 1.807) is 4.68 Å². The molecular formula is C17H29ClN4O. The van der Waals surface area contributed by atoms with Gasteiger partial charge in [-0.25, -0.2) is 0 Å². The van der Waals surface area contributed by atoms with E-state index in [1.807, 2.05) is 7.05 Å². The molecule has 0 aromatic carbocycles. The first kappa shape index (κ1) is 17.2. The zero-order valence-electron chi connectivity index (χ0n) is 14.4. The highest BCUT2D eigenvalue weighted by Crippen LogP contribution is 2.28. The number of aromatic nitrogens is 2. The standard InChI is InChI=1S/C17H29ClN4O/c1-3-15-14(16(18)20(2)19-15)11-22-10-7-17(23,13-22)12-21-8-5-4-6-9-21/h23H,3-13H2,1-2H3. The number of piperidine rings is 1. The molecule has 1 atom stereocenters. The predicted molar refractivity (Wildman–Crippen MR) is 92.7 cm³/mol. The minimum atomic E-state index is -0.571. The SMILES string of the molecule is CCc1nn(C)c(Cl)c1CN1CCC(O)(CN2CCCCC2)C1. The molecule has 1 aromatic rings. The van der Waals surface area contributed by atoms with Crippen LogP contribution in [0.15, 0.2) is 0 Å². The summed E-state index contributed by atoms with van der Waals surface area (Å²) in [6, 6.07) is 0. The summed E-state index contributed by atoms with van der Waals surface area (Å²) in [5.74, 6) is 0. The third-order valence-corrected chi connectivity index (χ3v) is 5.72. The van der Waals surface area contributed by atoms with E-state index >= 15 is 0 Å². The van der Waals surface area contributed by atoms with Gasteiger partial charge in [0.15, 0.2) is 0 Å². The van der Waals surface area contributed by atoms with Gasteiger partial charge in [-0.3, -0.25) is 9.58 Å². The third-order valence-electron chi connectivity index (χ3n) is 5.25. The molecule has 2 aliphatic heterocycles. The van der Waals surface area contributed by atoms with Crippen LogP contribution in [0.5, 0.6) is 0 Å². The van der Waals surface area contributed by atoms with Crippen LogP contribution in [-0.2, 0) is 20.0 Å². The minimum absolute atomic E-state index is 0.571. The molecule has 23 heavy (non-hydrogen) atoms. The molecule has 0 aliphatic carbocycles. The molecule has 6 heteroatoms. The molecule has 0 radical (unpaired) electrons. The van der Waals surface area contributed by atoms with Crippen LogP contribution in [0, 0.1) is 0 Å². The van der Waals surface area contributed by atoms with Gasteiger partial charge in [-0.15, -0.1) is 0 Å². The summed E-state index contributed by atoms with van der Waals surface area (Å²) in [5.41, 5.74) is 1.63. The van der Waals surface area contributed by atoms with Crippen molar-refractivity contribution in [2.24, 2.45) is 7.05 Å². The normalized spacial score (nSPS) is 27.0. The second kappa shape index (κ2) is 7.09. The third kappa shape index (κ3) is 3.90. The van der Waals surface area contributed by atoms with Gasteiger partial charge < -0.3 is 10.0 Å². The van der Waals surface area contributed by atoms with Gasteiger partial charge in [-0.05, 0) is 38.8 Å². The van der Waals surface area contributed by atoms with E-state index in [0.29, 0.717) is 0 Å². The molecule has 3 heterocycles. The Morgan fingerprint density at radius 3 is 2.61 bits per heavy atom. The molecule has 0 saturated carbocycles. The lowest BCUT2D eigenvalue weighted by molar-refractivity contribution is 0.00633. The van der Waals surface area contributed by atoms with Gasteiger partial charge >= 0.3 is 0 Å². The molecule has 5 nitrogen and oxygen atoms in total. The highest BCUT2D eigenvalue weighted by molar-refractivity contribution is 6.30. The summed E-state index contributed by atoms with van der Waals surface area (Å²) >= 11 is 6.40. The molecule has 2 fully saturated rings. The lowest BCUT2D eigenvalue weighted by Crippen LogP contribution is -2.46. The summed E-state index contributed by atoms with van der Waals surface area (Å²) in [6.45, 7) is 7.64. The van der Waals surface area contributed by atoms with Crippen molar-refractivity contribution in [1.29, 1.82) is 0 Å². The Kier molecular flexibility index (Phi) is 5.31. The van der Waals surface area contributed by atoms with Gasteiger partial charge in [0, 0.05) is 38.8 Å². The monoisotopic (exact) mass is 340 g/mol. The van der Waals surface area contributed by atoms with Crippen molar-refractivity contribution in [2.45, 2.75) is 51.2 Å². The number of hydrogen-bond acceptors (Lipinski definition) is 4. The van der Waals surface area contributed by atoms with Gasteiger partial charge in [-0.1, -0.05) is 24.9 Å². The average molecular weight is 341 g/mol. The van der Waals surface area contributed by atoms with E-state index in [1.165, 1.54) is 19.3 Å². The number of nitrogens with zero attached hydrogens (tertiary/aromatic N) is 4. The van der Waals surface area contributed by atoms with E-state index in [0.717, 1.165) is 68.5 Å². The highest BCUT2D eigenvalue weighted by Gasteiger charge is 2.38. The predicted octanol–water partition coefficient (Wildman–Crippen LogP) is 2.06. The van der Waals surface area contributed by atoms with Gasteiger partial charge in [-0.2, -0.15) is 5.10 Å². The van der Waals surface area contributed by atoms with Crippen molar-refractivity contribution in [3.63, 3.8) is 0 Å². The molecule has 2 aliphatic rings. The molecule has 1 aromatic heterocycles. The zero-order chi connectivity index (χ0) is 16.4. The molecular weight excluding hydrogens is 312 g/mol. The fourth-order valence-electron chi connectivity index (χ4n) is 4.00. The quantitative estimate of drug-likeness (QED) is 0.891. The number of halogens is 1. The van der Waals surface area contributed by atoms with Gasteiger partial charge in [0.2, 0.25) is 0 Å². The Hall–Kier alpha value is -0.620. The maximum atomic E-state index is 11.0. The molecule has 1 unspecified atom stereocenters. The Bertz CT molecular complexity index is 541. The maximum absolute atomic E-state index is 11.0. The van der Waals surface area contributed by atoms with Crippen LogP contribution in [-0.4, -0.2) is 63.0 Å². The van der Waals surface area contributed by atoms with Crippen molar-refractivity contribution in [3.8, 4) is 0 Å². The van der Waals surface area contributed by atoms with E-state index in [4.69, 9.17) is 11.6 Å². The second-order valence-electron chi connectivity index (χ2n) is 7.22. The fourth-order valence-corrected chi connectivity index (χ4v) is 4.21. The lowest BCUT2D eigenvalue weighted by Gasteiger charge is -2.33. The highest BCUT2D eigenvalue weighted by atomic mass is 35.5. The fraction of sp³-hybridized carbons (Fsp3) is 0.824. The van der Waals surface area contributed by atoms with Gasteiger partial charge in [0.25, 0.3) is 0 Å². The second-order valence-corrected chi connectivity index (χ2v) is 7.57. The van der Waals surface area contributed by atoms with Crippen molar-refractivity contribution in [2.75, 3.05) is 32.7 Å². The van der Waals surface area contributed by atoms with Gasteiger partial charge in [0.1, 0.15) is 5.15 Å². The van der Waals surface area contributed by atoms with Crippen LogP contribution in [0.1, 0.15) is 43.9 Å². The van der Waals surface area contributed by atoms with Crippen molar-refractivity contribution < 1.29 is 5.11 Å². The van der Waals surface area contributed by atoms with E-state index in [-0.39, 0.29) is 0 Å². The molecule has 2 saturated heterocycles. The maximum Gasteiger partial charge on any atom is 0.131 e. The number of β-amino-alcohol motifs (C(OH)–C–C–N with tert-alkyl or cyclic N) is 1. The Morgan fingerprint density at radius 2 is 1.91 bits per heavy atom. The summed E-state index contributed by atoms with van der Waals surface area (Å²) in [4.78, 5) is 4.76. The zero-order valence-corrected chi connectivity index (χ0v) is 15.1. The number of hydrogen-bond donors (Lipinski definition) is 1. The van der Waals surface area contributed by atoms with Crippen LogP contribution in [0.3, 0.4) is 0 Å². The smallest absolute Gasteiger partial charge is 0.131 e.